The Morgan fingerprint density at radius 3 is 2.74 bits per heavy atom. The average Bonchev–Trinajstić information content (AvgIpc) is 2.83. The van der Waals surface area contributed by atoms with Gasteiger partial charge in [-0.15, -0.1) is 0 Å². The number of hydrogen-bond acceptors (Lipinski definition) is 6. The molecule has 19 heavy (non-hydrogen) atoms. The molecule has 0 spiro atoms. The zero-order valence-corrected chi connectivity index (χ0v) is 12.7. The summed E-state index contributed by atoms with van der Waals surface area (Å²) in [6.45, 7) is 3.92. The highest BCUT2D eigenvalue weighted by atomic mass is 35.7. The third-order valence-electron chi connectivity index (χ3n) is 2.92. The van der Waals surface area contributed by atoms with Crippen LogP contribution in [0.25, 0.3) is 0 Å². The second-order valence-corrected chi connectivity index (χ2v) is 8.05. The van der Waals surface area contributed by atoms with Gasteiger partial charge in [0.1, 0.15) is 0 Å². The first-order valence-corrected chi connectivity index (χ1v) is 8.76. The van der Waals surface area contributed by atoms with Gasteiger partial charge in [0, 0.05) is 17.3 Å². The van der Waals surface area contributed by atoms with Crippen molar-refractivity contribution in [2.24, 2.45) is 5.92 Å². The van der Waals surface area contributed by atoms with Gasteiger partial charge < -0.3 is 10.1 Å². The second kappa shape index (κ2) is 5.35. The molecule has 6 nitrogen and oxygen atoms in total. The molecule has 1 aromatic heterocycles. The van der Waals surface area contributed by atoms with E-state index in [2.05, 4.69) is 10.3 Å². The van der Waals surface area contributed by atoms with E-state index in [0.29, 0.717) is 13.0 Å². The molecule has 1 aromatic rings. The maximum Gasteiger partial charge on any atom is 0.272 e. The van der Waals surface area contributed by atoms with Crippen molar-refractivity contribution in [2.45, 2.75) is 30.6 Å². The van der Waals surface area contributed by atoms with Crippen LogP contribution in [0.2, 0.25) is 0 Å². The average molecular weight is 325 g/mol. The monoisotopic (exact) mass is 324 g/mol. The predicted molar refractivity (Wildman–Crippen MR) is 72.0 cm³/mol. The third-order valence-corrected chi connectivity index (χ3v) is 6.17. The molecule has 0 radical (unpaired) electrons. The lowest BCUT2D eigenvalue weighted by atomic mass is 10.0. The summed E-state index contributed by atoms with van der Waals surface area (Å²) in [7, 11) is 1.45. The van der Waals surface area contributed by atoms with Crippen LogP contribution in [0.1, 0.15) is 19.0 Å². The minimum absolute atomic E-state index is 0.0415. The van der Waals surface area contributed by atoms with Crippen LogP contribution < -0.4 is 5.32 Å². The number of nitrogens with one attached hydrogen (secondary N) is 1. The van der Waals surface area contributed by atoms with Crippen LogP contribution in [0, 0.1) is 12.8 Å². The van der Waals surface area contributed by atoms with Crippen LogP contribution in [0.3, 0.4) is 0 Å². The second-order valence-electron chi connectivity index (χ2n) is 4.29. The highest BCUT2D eigenvalue weighted by Gasteiger charge is 2.31. The Hall–Kier alpha value is -0.700. The SMILES string of the molecule is Cc1nc(NC(=O)C2CCOC2C)sc1S(=O)(=O)Cl. The molecule has 106 valence electrons. The summed E-state index contributed by atoms with van der Waals surface area (Å²) in [5.41, 5.74) is 0.283. The highest BCUT2D eigenvalue weighted by molar-refractivity contribution is 8.15. The maximum atomic E-state index is 12.0. The van der Waals surface area contributed by atoms with Crippen LogP contribution >= 0.6 is 22.0 Å². The van der Waals surface area contributed by atoms with Crippen molar-refractivity contribution in [1.29, 1.82) is 0 Å². The van der Waals surface area contributed by atoms with E-state index in [9.17, 15) is 13.2 Å². The topological polar surface area (TPSA) is 85.4 Å². The first-order valence-electron chi connectivity index (χ1n) is 5.63. The molecule has 2 atom stereocenters. The number of carbonyl (C=O) groups is 1. The fourth-order valence-electron chi connectivity index (χ4n) is 1.94. The molecule has 2 unspecified atom stereocenters. The summed E-state index contributed by atoms with van der Waals surface area (Å²) < 4.78 is 27.8. The van der Waals surface area contributed by atoms with Crippen LogP contribution in [0.15, 0.2) is 4.21 Å². The van der Waals surface area contributed by atoms with Crippen molar-refractivity contribution in [1.82, 2.24) is 4.98 Å². The lowest BCUT2D eigenvalue weighted by molar-refractivity contribution is -0.121. The summed E-state index contributed by atoms with van der Waals surface area (Å²) in [6, 6.07) is 0. The summed E-state index contributed by atoms with van der Waals surface area (Å²) in [5, 5.41) is 2.85. The highest BCUT2D eigenvalue weighted by Crippen LogP contribution is 2.30. The molecule has 1 saturated heterocycles. The van der Waals surface area contributed by atoms with Crippen LogP contribution in [-0.2, 0) is 18.6 Å². The molecule has 1 fully saturated rings. The number of anilines is 1. The van der Waals surface area contributed by atoms with Crippen molar-refractivity contribution < 1.29 is 17.9 Å². The van der Waals surface area contributed by atoms with E-state index >= 15 is 0 Å². The molecule has 1 aliphatic heterocycles. The maximum absolute atomic E-state index is 12.0. The van der Waals surface area contributed by atoms with Gasteiger partial charge in [0.15, 0.2) is 9.34 Å². The molecule has 2 rings (SSSR count). The van der Waals surface area contributed by atoms with Crippen molar-refractivity contribution >= 4 is 42.1 Å². The molecule has 0 bridgehead atoms. The number of ether oxygens (including phenoxy) is 1. The largest absolute Gasteiger partial charge is 0.378 e. The van der Waals surface area contributed by atoms with Gasteiger partial charge in [0.25, 0.3) is 9.05 Å². The molecule has 0 aliphatic carbocycles. The number of amides is 1. The first kappa shape index (κ1) is 14.7. The Bertz CT molecular complexity index is 599. The molecule has 0 aromatic carbocycles. The Balaban J connectivity index is 2.14. The number of nitrogens with zero attached hydrogens (tertiary/aromatic N) is 1. The van der Waals surface area contributed by atoms with Crippen molar-refractivity contribution in [2.75, 3.05) is 11.9 Å². The fourth-order valence-corrected chi connectivity index (χ4v) is 4.29. The summed E-state index contributed by atoms with van der Waals surface area (Å²) >= 11 is 0.851. The van der Waals surface area contributed by atoms with E-state index in [1.807, 2.05) is 6.92 Å². The normalized spacial score (nSPS) is 23.5. The quantitative estimate of drug-likeness (QED) is 0.856. The Labute approximate surface area is 119 Å². The van der Waals surface area contributed by atoms with Crippen molar-refractivity contribution in [3.8, 4) is 0 Å². The lowest BCUT2D eigenvalue weighted by Crippen LogP contribution is -2.27. The first-order chi connectivity index (χ1) is 8.79. The van der Waals surface area contributed by atoms with Gasteiger partial charge in [-0.25, -0.2) is 13.4 Å². The van der Waals surface area contributed by atoms with Gasteiger partial charge in [0.2, 0.25) is 5.91 Å². The van der Waals surface area contributed by atoms with E-state index in [-0.39, 0.29) is 33.0 Å². The van der Waals surface area contributed by atoms with Crippen molar-refractivity contribution in [3.05, 3.63) is 5.69 Å². The summed E-state index contributed by atoms with van der Waals surface area (Å²) in [6.07, 6.45) is 0.509. The molecule has 9 heteroatoms. The lowest BCUT2D eigenvalue weighted by Gasteiger charge is -2.12. The minimum atomic E-state index is -3.83. The van der Waals surface area contributed by atoms with Crippen molar-refractivity contribution in [3.63, 3.8) is 0 Å². The molecule has 2 heterocycles. The minimum Gasteiger partial charge on any atom is -0.378 e. The molecular formula is C10H13ClN2O4S2. The molecule has 1 aliphatic rings. The van der Waals surface area contributed by atoms with Gasteiger partial charge >= 0.3 is 0 Å². The standard InChI is InChI=1S/C10H13ClN2O4S2/c1-5-9(19(11,15)16)18-10(12-5)13-8(14)7-3-4-17-6(7)2/h6-7H,3-4H2,1-2H3,(H,12,13,14). The Kier molecular flexibility index (Phi) is 4.14. The number of hydrogen-bond donors (Lipinski definition) is 1. The number of halogens is 1. The number of rotatable bonds is 3. The third kappa shape index (κ3) is 3.25. The van der Waals surface area contributed by atoms with E-state index in [4.69, 9.17) is 15.4 Å². The Morgan fingerprint density at radius 1 is 1.58 bits per heavy atom. The van der Waals surface area contributed by atoms with Gasteiger partial charge in [-0.1, -0.05) is 11.3 Å². The zero-order valence-electron chi connectivity index (χ0n) is 10.3. The van der Waals surface area contributed by atoms with E-state index < -0.39 is 9.05 Å². The predicted octanol–water partition coefficient (Wildman–Crippen LogP) is 1.74. The number of aryl methyl sites for hydroxylation is 1. The smallest absolute Gasteiger partial charge is 0.272 e. The zero-order chi connectivity index (χ0) is 14.2. The van der Waals surface area contributed by atoms with Gasteiger partial charge in [-0.3, -0.25) is 4.79 Å². The number of thiazole rings is 1. The van der Waals surface area contributed by atoms with Gasteiger partial charge in [-0.05, 0) is 20.3 Å². The van der Waals surface area contributed by atoms with Crippen LogP contribution in [0.4, 0.5) is 5.13 Å². The summed E-state index contributed by atoms with van der Waals surface area (Å²) in [5.74, 6) is -0.447. The van der Waals surface area contributed by atoms with E-state index in [1.165, 1.54) is 6.92 Å². The van der Waals surface area contributed by atoms with Crippen LogP contribution in [0.5, 0.6) is 0 Å². The van der Waals surface area contributed by atoms with Gasteiger partial charge in [0.05, 0.1) is 17.7 Å². The molecule has 0 saturated carbocycles. The summed E-state index contributed by atoms with van der Waals surface area (Å²) in [4.78, 5) is 16.0. The van der Waals surface area contributed by atoms with E-state index in [1.54, 1.807) is 0 Å². The van der Waals surface area contributed by atoms with Crippen LogP contribution in [-0.4, -0.2) is 32.0 Å². The van der Waals surface area contributed by atoms with E-state index in [0.717, 1.165) is 11.3 Å². The number of aromatic nitrogens is 1. The molecular weight excluding hydrogens is 312 g/mol. The molecule has 1 N–H and O–H groups in total. The Morgan fingerprint density at radius 2 is 2.26 bits per heavy atom. The van der Waals surface area contributed by atoms with Gasteiger partial charge in [-0.2, -0.15) is 0 Å². The fraction of sp³-hybridized carbons (Fsp3) is 0.600. The number of carbonyl (C=O) groups excluding carboxylic acids is 1. The molecule has 1 amide bonds.